The predicted octanol–water partition coefficient (Wildman–Crippen LogP) is 3.71. The molecular formula is C16H19F3N4O3S3. The van der Waals surface area contributed by atoms with Crippen LogP contribution in [0.15, 0.2) is 28.6 Å². The first-order valence-corrected chi connectivity index (χ1v) is 11.9. The second kappa shape index (κ2) is 9.30. The van der Waals surface area contributed by atoms with Crippen LogP contribution in [0.25, 0.3) is 0 Å². The molecule has 1 heterocycles. The van der Waals surface area contributed by atoms with Crippen molar-refractivity contribution in [1.29, 1.82) is 0 Å². The van der Waals surface area contributed by atoms with Gasteiger partial charge in [-0.3, -0.25) is 14.4 Å². The zero-order valence-electron chi connectivity index (χ0n) is 15.7. The number of amides is 1. The fourth-order valence-electron chi connectivity index (χ4n) is 2.08. The maximum Gasteiger partial charge on any atom is 0.416 e. The van der Waals surface area contributed by atoms with Crippen LogP contribution in [0.1, 0.15) is 19.4 Å². The zero-order chi connectivity index (χ0) is 21.8. The summed E-state index contributed by atoms with van der Waals surface area (Å²) >= 11 is 2.61. The summed E-state index contributed by atoms with van der Waals surface area (Å²) in [7, 11) is -4.01. The van der Waals surface area contributed by atoms with Crippen molar-refractivity contribution in [1.82, 2.24) is 10.2 Å². The van der Waals surface area contributed by atoms with Crippen LogP contribution in [0.4, 0.5) is 24.0 Å². The number of alkyl halides is 3. The second-order valence-electron chi connectivity index (χ2n) is 6.44. The number of thioether (sulfide) groups is 1. The number of carbonyl (C=O) groups excluding carboxylic acids is 1. The van der Waals surface area contributed by atoms with Gasteiger partial charge < -0.3 is 0 Å². The van der Waals surface area contributed by atoms with Crippen molar-refractivity contribution in [3.8, 4) is 0 Å². The van der Waals surface area contributed by atoms with Gasteiger partial charge in [0.05, 0.1) is 17.5 Å². The highest BCUT2D eigenvalue weighted by molar-refractivity contribution is 8.01. The molecule has 1 aromatic carbocycles. The van der Waals surface area contributed by atoms with Crippen LogP contribution < -0.4 is 9.62 Å². The van der Waals surface area contributed by atoms with E-state index in [9.17, 15) is 26.4 Å². The molecule has 7 nitrogen and oxygen atoms in total. The Labute approximate surface area is 174 Å². The van der Waals surface area contributed by atoms with Gasteiger partial charge in [-0.2, -0.15) is 13.2 Å². The number of anilines is 2. The standard InChI is InChI=1S/C16H19F3N4O3S3/c1-10(2)9-27-15-22-21-14(28-15)20-13(24)8-23(29(3,25)26)12-6-4-5-11(7-12)16(17,18)19/h4-7,10H,8-9H2,1-3H3,(H,20,21,24). The molecule has 0 saturated heterocycles. The normalized spacial score (nSPS) is 12.2. The molecule has 0 fully saturated rings. The SMILES string of the molecule is CC(C)CSc1nnc(NC(=O)CN(c2cccc(C(F)(F)F)c2)S(C)(=O)=O)s1. The Hall–Kier alpha value is -1.86. The van der Waals surface area contributed by atoms with Crippen LogP contribution >= 0.6 is 23.1 Å². The van der Waals surface area contributed by atoms with Crippen molar-refractivity contribution >= 4 is 49.8 Å². The Kier molecular flexibility index (Phi) is 7.51. The van der Waals surface area contributed by atoms with Crippen molar-refractivity contribution < 1.29 is 26.4 Å². The van der Waals surface area contributed by atoms with Gasteiger partial charge in [-0.1, -0.05) is 43.0 Å². The fraction of sp³-hybridized carbons (Fsp3) is 0.438. The number of hydrogen-bond acceptors (Lipinski definition) is 7. The molecule has 160 valence electrons. The van der Waals surface area contributed by atoms with Crippen LogP contribution in [0.5, 0.6) is 0 Å². The van der Waals surface area contributed by atoms with E-state index >= 15 is 0 Å². The molecule has 1 aromatic heterocycles. The lowest BCUT2D eigenvalue weighted by Crippen LogP contribution is -2.37. The Morgan fingerprint density at radius 3 is 2.59 bits per heavy atom. The van der Waals surface area contributed by atoms with Gasteiger partial charge in [0.1, 0.15) is 6.54 Å². The van der Waals surface area contributed by atoms with Gasteiger partial charge in [0.2, 0.25) is 21.1 Å². The summed E-state index contributed by atoms with van der Waals surface area (Å²) in [6.07, 6.45) is -3.83. The maximum absolute atomic E-state index is 12.9. The molecule has 0 radical (unpaired) electrons. The monoisotopic (exact) mass is 468 g/mol. The number of nitrogens with one attached hydrogen (secondary N) is 1. The van der Waals surface area contributed by atoms with Crippen LogP contribution in [-0.4, -0.2) is 43.1 Å². The molecule has 0 unspecified atom stereocenters. The molecule has 0 saturated carbocycles. The van der Waals surface area contributed by atoms with E-state index in [4.69, 9.17) is 0 Å². The largest absolute Gasteiger partial charge is 0.416 e. The lowest BCUT2D eigenvalue weighted by molar-refractivity contribution is -0.137. The van der Waals surface area contributed by atoms with E-state index in [0.717, 1.165) is 35.5 Å². The Morgan fingerprint density at radius 2 is 2.00 bits per heavy atom. The van der Waals surface area contributed by atoms with E-state index in [2.05, 4.69) is 15.5 Å². The lowest BCUT2D eigenvalue weighted by atomic mass is 10.2. The fourth-order valence-corrected chi connectivity index (χ4v) is 4.68. The Bertz CT molecular complexity index is 962. The quantitative estimate of drug-likeness (QED) is 0.469. The minimum absolute atomic E-state index is 0.179. The van der Waals surface area contributed by atoms with Crippen molar-refractivity contribution in [2.45, 2.75) is 24.4 Å². The van der Waals surface area contributed by atoms with Gasteiger partial charge in [-0.15, -0.1) is 10.2 Å². The number of sulfonamides is 1. The third-order valence-corrected chi connectivity index (χ3v) is 6.88. The average molecular weight is 469 g/mol. The van der Waals surface area contributed by atoms with Crippen LogP contribution in [0.2, 0.25) is 0 Å². The van der Waals surface area contributed by atoms with Gasteiger partial charge in [0.25, 0.3) is 0 Å². The van der Waals surface area contributed by atoms with E-state index in [1.807, 2.05) is 13.8 Å². The van der Waals surface area contributed by atoms with Crippen LogP contribution in [0.3, 0.4) is 0 Å². The lowest BCUT2D eigenvalue weighted by Gasteiger charge is -2.22. The molecule has 29 heavy (non-hydrogen) atoms. The van der Waals surface area contributed by atoms with E-state index in [1.165, 1.54) is 17.8 Å². The molecule has 2 rings (SSSR count). The number of nitrogens with zero attached hydrogens (tertiary/aromatic N) is 3. The predicted molar refractivity (Wildman–Crippen MR) is 108 cm³/mol. The molecule has 0 atom stereocenters. The van der Waals surface area contributed by atoms with E-state index in [1.54, 1.807) is 0 Å². The first-order chi connectivity index (χ1) is 13.4. The summed E-state index contributed by atoms with van der Waals surface area (Å²) < 4.78 is 64.2. The van der Waals surface area contributed by atoms with Crippen LogP contribution in [0, 0.1) is 5.92 Å². The molecule has 0 aliphatic carbocycles. The molecule has 2 aromatic rings. The second-order valence-corrected chi connectivity index (χ2v) is 10.6. The van der Waals surface area contributed by atoms with Gasteiger partial charge in [0, 0.05) is 5.75 Å². The number of hydrogen-bond donors (Lipinski definition) is 1. The number of halogens is 3. The smallest absolute Gasteiger partial charge is 0.299 e. The minimum atomic E-state index is -4.64. The number of benzene rings is 1. The minimum Gasteiger partial charge on any atom is -0.299 e. The summed E-state index contributed by atoms with van der Waals surface area (Å²) in [6.45, 7) is 3.39. The highest BCUT2D eigenvalue weighted by Crippen LogP contribution is 2.32. The topological polar surface area (TPSA) is 92.3 Å². The molecule has 0 aliphatic rings. The summed E-state index contributed by atoms with van der Waals surface area (Å²) in [5.41, 5.74) is -1.28. The number of carbonyl (C=O) groups is 1. The van der Waals surface area contributed by atoms with Crippen molar-refractivity contribution in [2.75, 3.05) is 28.2 Å². The molecule has 0 spiro atoms. The summed E-state index contributed by atoms with van der Waals surface area (Å²) in [6, 6.07) is 3.77. The highest BCUT2D eigenvalue weighted by Gasteiger charge is 2.32. The Morgan fingerprint density at radius 1 is 1.31 bits per heavy atom. The maximum atomic E-state index is 12.9. The molecule has 1 N–H and O–H groups in total. The van der Waals surface area contributed by atoms with Crippen molar-refractivity contribution in [2.24, 2.45) is 5.92 Å². The average Bonchev–Trinajstić information content (AvgIpc) is 3.03. The number of rotatable bonds is 8. The molecule has 0 bridgehead atoms. The third kappa shape index (κ3) is 7.16. The first-order valence-electron chi connectivity index (χ1n) is 8.27. The number of aromatic nitrogens is 2. The molecule has 0 aliphatic heterocycles. The van der Waals surface area contributed by atoms with Crippen molar-refractivity contribution in [3.05, 3.63) is 29.8 Å². The molecular weight excluding hydrogens is 449 g/mol. The summed E-state index contributed by atoms with van der Waals surface area (Å²) in [5.74, 6) is 0.516. The summed E-state index contributed by atoms with van der Waals surface area (Å²) in [4.78, 5) is 12.3. The highest BCUT2D eigenvalue weighted by atomic mass is 32.2. The van der Waals surface area contributed by atoms with Gasteiger partial charge in [-0.25, -0.2) is 8.42 Å². The van der Waals surface area contributed by atoms with E-state index in [-0.39, 0.29) is 10.8 Å². The molecule has 13 heteroatoms. The zero-order valence-corrected chi connectivity index (χ0v) is 18.2. The molecule has 1 amide bonds. The third-order valence-electron chi connectivity index (χ3n) is 3.34. The Balaban J connectivity index is 2.14. The van der Waals surface area contributed by atoms with Crippen molar-refractivity contribution in [3.63, 3.8) is 0 Å². The van der Waals surface area contributed by atoms with Gasteiger partial charge in [-0.05, 0) is 24.1 Å². The first kappa shape index (κ1) is 23.4. The van der Waals surface area contributed by atoms with Crippen LogP contribution in [-0.2, 0) is 21.0 Å². The van der Waals surface area contributed by atoms with Gasteiger partial charge in [0.15, 0.2) is 4.34 Å². The summed E-state index contributed by atoms with van der Waals surface area (Å²) in [5, 5.41) is 10.4. The van der Waals surface area contributed by atoms with E-state index < -0.39 is 34.2 Å². The van der Waals surface area contributed by atoms with Gasteiger partial charge >= 0.3 is 6.18 Å². The van der Waals surface area contributed by atoms with E-state index in [0.29, 0.717) is 20.6 Å².